The number of nitrogens with zero attached hydrogens (tertiary/aromatic N) is 4. The van der Waals surface area contributed by atoms with Gasteiger partial charge in [-0.3, -0.25) is 9.80 Å². The highest BCUT2D eigenvalue weighted by Gasteiger charge is 2.40. The quantitative estimate of drug-likeness (QED) is 0.122. The van der Waals surface area contributed by atoms with Gasteiger partial charge >= 0.3 is 0 Å². The maximum absolute atomic E-state index is 2.88. The fourth-order valence-corrected chi connectivity index (χ4v) is 6.95. The van der Waals surface area contributed by atoms with Crippen LogP contribution < -0.4 is 0 Å². The van der Waals surface area contributed by atoms with Gasteiger partial charge in [0.1, 0.15) is 0 Å². The van der Waals surface area contributed by atoms with Gasteiger partial charge in [0.05, 0.1) is 0 Å². The standard InChI is InChI=1S/C36H78N4/c1-16-18-22-37(23-19-17-2)24-20-34(21-25-39(32(7)8)33(9)10)36(14,15)40(35(11,12)13)27-26-38(28-30(3)4)29-31(5)6/h30-34H,16-29H2,1-15H3. The van der Waals surface area contributed by atoms with Crippen LogP contribution in [-0.4, -0.2) is 95.1 Å². The minimum atomic E-state index is 0.125. The highest BCUT2D eigenvalue weighted by molar-refractivity contribution is 4.96. The largest absolute Gasteiger partial charge is 0.303 e. The zero-order valence-corrected chi connectivity index (χ0v) is 30.6. The molecule has 0 aromatic heterocycles. The van der Waals surface area contributed by atoms with Crippen LogP contribution in [0.4, 0.5) is 0 Å². The lowest BCUT2D eigenvalue weighted by Crippen LogP contribution is -2.60. The molecule has 0 aliphatic carbocycles. The summed E-state index contributed by atoms with van der Waals surface area (Å²) in [5.41, 5.74) is 0.253. The molecule has 0 bridgehead atoms. The molecule has 0 fully saturated rings. The van der Waals surface area contributed by atoms with Crippen molar-refractivity contribution in [2.24, 2.45) is 17.8 Å². The van der Waals surface area contributed by atoms with Gasteiger partial charge in [-0.05, 0) is 132 Å². The molecular formula is C36H78N4. The van der Waals surface area contributed by atoms with Crippen molar-refractivity contribution in [2.75, 3.05) is 52.4 Å². The van der Waals surface area contributed by atoms with Crippen LogP contribution in [0.1, 0.15) is 142 Å². The summed E-state index contributed by atoms with van der Waals surface area (Å²) in [5.74, 6) is 2.07. The van der Waals surface area contributed by atoms with Crippen LogP contribution in [0.3, 0.4) is 0 Å². The van der Waals surface area contributed by atoms with E-state index < -0.39 is 0 Å². The van der Waals surface area contributed by atoms with Crippen LogP contribution in [0, 0.1) is 17.8 Å². The van der Waals surface area contributed by atoms with E-state index in [4.69, 9.17) is 0 Å². The van der Waals surface area contributed by atoms with E-state index in [0.717, 1.165) is 13.1 Å². The molecule has 0 aliphatic heterocycles. The summed E-state index contributed by atoms with van der Waals surface area (Å²) >= 11 is 0. The summed E-state index contributed by atoms with van der Waals surface area (Å²) in [7, 11) is 0. The second-order valence-corrected chi connectivity index (χ2v) is 15.8. The van der Waals surface area contributed by atoms with Gasteiger partial charge in [-0.15, -0.1) is 0 Å². The Kier molecular flexibility index (Phi) is 19.8. The predicted octanol–water partition coefficient (Wildman–Crippen LogP) is 8.90. The Morgan fingerprint density at radius 1 is 0.525 bits per heavy atom. The molecule has 40 heavy (non-hydrogen) atoms. The van der Waals surface area contributed by atoms with Crippen molar-refractivity contribution in [3.63, 3.8) is 0 Å². The number of unbranched alkanes of at least 4 members (excludes halogenated alkanes) is 2. The van der Waals surface area contributed by atoms with Crippen LogP contribution in [0.2, 0.25) is 0 Å². The Morgan fingerprint density at radius 3 is 1.35 bits per heavy atom. The first-order valence-corrected chi connectivity index (χ1v) is 17.4. The summed E-state index contributed by atoms with van der Waals surface area (Å²) in [6, 6.07) is 1.18. The number of hydrogen-bond donors (Lipinski definition) is 0. The minimum absolute atomic E-state index is 0.125. The maximum atomic E-state index is 2.88. The molecule has 242 valence electrons. The molecule has 0 saturated heterocycles. The molecule has 0 N–H and O–H groups in total. The highest BCUT2D eigenvalue weighted by Crippen LogP contribution is 2.36. The van der Waals surface area contributed by atoms with Crippen molar-refractivity contribution >= 4 is 0 Å². The third-order valence-electron chi connectivity index (χ3n) is 8.90. The lowest BCUT2D eigenvalue weighted by atomic mass is 9.78. The average molecular weight is 567 g/mol. The van der Waals surface area contributed by atoms with Gasteiger partial charge in [0.2, 0.25) is 0 Å². The molecule has 1 atom stereocenters. The second-order valence-electron chi connectivity index (χ2n) is 15.8. The minimum Gasteiger partial charge on any atom is -0.303 e. The van der Waals surface area contributed by atoms with Crippen LogP contribution >= 0.6 is 0 Å². The predicted molar refractivity (Wildman–Crippen MR) is 183 cm³/mol. The van der Waals surface area contributed by atoms with Crippen molar-refractivity contribution in [3.8, 4) is 0 Å². The Hall–Kier alpha value is -0.160. The topological polar surface area (TPSA) is 13.0 Å². The molecule has 1 unspecified atom stereocenters. The van der Waals surface area contributed by atoms with Gasteiger partial charge in [-0.25, -0.2) is 0 Å². The normalized spacial score (nSPS) is 14.5. The lowest BCUT2D eigenvalue weighted by Gasteiger charge is -2.52. The first-order valence-electron chi connectivity index (χ1n) is 17.4. The third-order valence-corrected chi connectivity index (χ3v) is 8.90. The molecule has 0 saturated carbocycles. The summed E-state index contributed by atoms with van der Waals surface area (Å²) in [5, 5.41) is 0. The summed E-state index contributed by atoms with van der Waals surface area (Å²) in [6.45, 7) is 45.8. The monoisotopic (exact) mass is 567 g/mol. The van der Waals surface area contributed by atoms with E-state index in [9.17, 15) is 0 Å². The van der Waals surface area contributed by atoms with Crippen molar-refractivity contribution in [1.82, 2.24) is 19.6 Å². The van der Waals surface area contributed by atoms with Crippen molar-refractivity contribution < 1.29 is 0 Å². The molecule has 0 heterocycles. The van der Waals surface area contributed by atoms with Crippen LogP contribution in [-0.2, 0) is 0 Å². The fourth-order valence-electron chi connectivity index (χ4n) is 6.95. The first-order chi connectivity index (χ1) is 18.5. The lowest BCUT2D eigenvalue weighted by molar-refractivity contribution is -0.0295. The molecule has 0 radical (unpaired) electrons. The molecule has 0 aliphatic rings. The molecule has 4 heteroatoms. The Balaban J connectivity index is 6.10. The molecule has 4 nitrogen and oxygen atoms in total. The van der Waals surface area contributed by atoms with E-state index in [1.165, 1.54) is 77.8 Å². The van der Waals surface area contributed by atoms with E-state index in [2.05, 4.69) is 123 Å². The van der Waals surface area contributed by atoms with E-state index in [0.29, 0.717) is 29.8 Å². The van der Waals surface area contributed by atoms with E-state index in [-0.39, 0.29) is 11.1 Å². The Bertz CT molecular complexity index is 578. The van der Waals surface area contributed by atoms with Gasteiger partial charge in [0, 0.05) is 49.3 Å². The summed E-state index contributed by atoms with van der Waals surface area (Å²) < 4.78 is 0. The van der Waals surface area contributed by atoms with Gasteiger partial charge in [-0.2, -0.15) is 0 Å². The smallest absolute Gasteiger partial charge is 0.0188 e. The van der Waals surface area contributed by atoms with Gasteiger partial charge in [-0.1, -0.05) is 54.4 Å². The number of hydrogen-bond acceptors (Lipinski definition) is 4. The van der Waals surface area contributed by atoms with Crippen molar-refractivity contribution in [1.29, 1.82) is 0 Å². The molecule has 0 amide bonds. The molecule has 0 aromatic rings. The third kappa shape index (κ3) is 15.9. The van der Waals surface area contributed by atoms with Gasteiger partial charge in [0.25, 0.3) is 0 Å². The second kappa shape index (κ2) is 19.9. The Morgan fingerprint density at radius 2 is 0.975 bits per heavy atom. The Labute approximate surface area is 255 Å². The summed E-state index contributed by atoms with van der Waals surface area (Å²) in [4.78, 5) is 11.1. The molecule has 0 aromatic carbocycles. The zero-order valence-electron chi connectivity index (χ0n) is 30.6. The van der Waals surface area contributed by atoms with Crippen LogP contribution in [0.15, 0.2) is 0 Å². The van der Waals surface area contributed by atoms with E-state index in [1.807, 2.05) is 0 Å². The van der Waals surface area contributed by atoms with Crippen molar-refractivity contribution in [2.45, 2.75) is 166 Å². The maximum Gasteiger partial charge on any atom is 0.0188 e. The average Bonchev–Trinajstić information content (AvgIpc) is 2.79. The first kappa shape index (κ1) is 39.8. The van der Waals surface area contributed by atoms with Gasteiger partial charge in [0.15, 0.2) is 0 Å². The van der Waals surface area contributed by atoms with Crippen molar-refractivity contribution in [3.05, 3.63) is 0 Å². The molecule has 0 rings (SSSR count). The fraction of sp³-hybridized carbons (Fsp3) is 1.00. The highest BCUT2D eigenvalue weighted by atomic mass is 15.3. The zero-order chi connectivity index (χ0) is 31.1. The molecule has 0 spiro atoms. The van der Waals surface area contributed by atoms with E-state index >= 15 is 0 Å². The SMILES string of the molecule is CCCCN(CCCC)CCC(CCN(C(C)C)C(C)C)C(C)(C)N(CCN(CC(C)C)CC(C)C)C(C)(C)C. The van der Waals surface area contributed by atoms with Crippen LogP contribution in [0.25, 0.3) is 0 Å². The van der Waals surface area contributed by atoms with E-state index in [1.54, 1.807) is 0 Å². The molecular weight excluding hydrogens is 488 g/mol. The van der Waals surface area contributed by atoms with Crippen LogP contribution in [0.5, 0.6) is 0 Å². The number of rotatable bonds is 23. The summed E-state index contributed by atoms with van der Waals surface area (Å²) in [6.07, 6.45) is 7.78. The van der Waals surface area contributed by atoms with Gasteiger partial charge < -0.3 is 9.80 Å².